The van der Waals surface area contributed by atoms with Crippen molar-refractivity contribution in [2.75, 3.05) is 11.4 Å². The third-order valence-corrected chi connectivity index (χ3v) is 3.25. The van der Waals surface area contributed by atoms with E-state index in [1.54, 1.807) is 12.5 Å². The molecule has 0 spiro atoms. The van der Waals surface area contributed by atoms with E-state index in [2.05, 4.69) is 24.6 Å². The summed E-state index contributed by atoms with van der Waals surface area (Å²) in [5, 5.41) is 8.05. The van der Waals surface area contributed by atoms with Gasteiger partial charge in [0, 0.05) is 30.9 Å². The third kappa shape index (κ3) is 1.84. The average Bonchev–Trinajstić information content (AvgIpc) is 2.85. The van der Waals surface area contributed by atoms with Crippen molar-refractivity contribution >= 4 is 5.82 Å². The van der Waals surface area contributed by atoms with Gasteiger partial charge in [-0.1, -0.05) is 6.07 Å². The molecule has 0 fully saturated rings. The molecule has 2 N–H and O–H groups in total. The topological polar surface area (TPSA) is 72.9 Å². The van der Waals surface area contributed by atoms with Crippen molar-refractivity contribution in [2.24, 2.45) is 5.73 Å². The Hall–Kier alpha value is -1.95. The number of pyridine rings is 1. The summed E-state index contributed by atoms with van der Waals surface area (Å²) < 4.78 is 2.07. The fraction of sp³-hybridized carbons (Fsp3) is 0.417. The highest BCUT2D eigenvalue weighted by atomic mass is 15.3. The summed E-state index contributed by atoms with van der Waals surface area (Å²) in [6.07, 6.45) is 3.58. The van der Waals surface area contributed by atoms with Gasteiger partial charge in [0.25, 0.3) is 0 Å². The van der Waals surface area contributed by atoms with Crippen LogP contribution in [0, 0.1) is 0 Å². The van der Waals surface area contributed by atoms with Crippen molar-refractivity contribution in [2.45, 2.75) is 26.1 Å². The first kappa shape index (κ1) is 11.2. The van der Waals surface area contributed by atoms with Crippen LogP contribution in [0.5, 0.6) is 0 Å². The summed E-state index contributed by atoms with van der Waals surface area (Å²) in [4.78, 5) is 6.68. The Labute approximate surface area is 105 Å². The molecule has 1 aliphatic rings. The lowest BCUT2D eigenvalue weighted by atomic mass is 10.1. The van der Waals surface area contributed by atoms with E-state index in [0.29, 0.717) is 0 Å². The molecular weight excluding hydrogens is 228 g/mol. The van der Waals surface area contributed by atoms with Crippen molar-refractivity contribution in [1.82, 2.24) is 19.7 Å². The van der Waals surface area contributed by atoms with Gasteiger partial charge in [0.2, 0.25) is 0 Å². The highest BCUT2D eigenvalue weighted by Crippen LogP contribution is 2.25. The standard InChI is InChI=1S/C12H16N6/c1-9(13)10-3-2-4-14-12(10)17-5-6-18-8-15-16-11(18)7-17/h2-4,8-9H,5-7,13H2,1H3. The Bertz CT molecular complexity index is 547. The van der Waals surface area contributed by atoms with Crippen molar-refractivity contribution in [3.8, 4) is 0 Å². The van der Waals surface area contributed by atoms with Crippen LogP contribution in [0.4, 0.5) is 5.82 Å². The Balaban J connectivity index is 1.93. The maximum Gasteiger partial charge on any atom is 0.152 e. The van der Waals surface area contributed by atoms with Gasteiger partial charge in [-0.05, 0) is 13.0 Å². The van der Waals surface area contributed by atoms with E-state index < -0.39 is 0 Å². The Kier molecular flexibility index (Phi) is 2.71. The first-order valence-electron chi connectivity index (χ1n) is 6.08. The van der Waals surface area contributed by atoms with E-state index >= 15 is 0 Å². The van der Waals surface area contributed by atoms with Gasteiger partial charge in [0.1, 0.15) is 12.1 Å². The van der Waals surface area contributed by atoms with Crippen LogP contribution in [0.15, 0.2) is 24.7 Å². The monoisotopic (exact) mass is 244 g/mol. The molecule has 94 valence electrons. The summed E-state index contributed by atoms with van der Waals surface area (Å²) in [5.74, 6) is 1.93. The predicted molar refractivity (Wildman–Crippen MR) is 67.9 cm³/mol. The van der Waals surface area contributed by atoms with Gasteiger partial charge < -0.3 is 15.2 Å². The summed E-state index contributed by atoms with van der Waals surface area (Å²) >= 11 is 0. The van der Waals surface area contributed by atoms with E-state index in [1.807, 2.05) is 19.1 Å². The van der Waals surface area contributed by atoms with Crippen molar-refractivity contribution in [1.29, 1.82) is 0 Å². The Morgan fingerprint density at radius 2 is 2.28 bits per heavy atom. The van der Waals surface area contributed by atoms with Crippen LogP contribution in [0.2, 0.25) is 0 Å². The molecule has 2 aromatic heterocycles. The maximum atomic E-state index is 6.00. The lowest BCUT2D eigenvalue weighted by Crippen LogP contribution is -2.35. The minimum atomic E-state index is -0.0199. The second-order valence-corrected chi connectivity index (χ2v) is 4.57. The van der Waals surface area contributed by atoms with Crippen LogP contribution in [-0.2, 0) is 13.1 Å². The van der Waals surface area contributed by atoms with E-state index in [4.69, 9.17) is 5.73 Å². The molecule has 0 saturated carbocycles. The lowest BCUT2D eigenvalue weighted by molar-refractivity contribution is 0.553. The molecule has 6 heteroatoms. The van der Waals surface area contributed by atoms with Gasteiger partial charge in [-0.2, -0.15) is 0 Å². The lowest BCUT2D eigenvalue weighted by Gasteiger charge is -2.30. The second-order valence-electron chi connectivity index (χ2n) is 4.57. The largest absolute Gasteiger partial charge is 0.347 e. The first-order valence-corrected chi connectivity index (χ1v) is 6.08. The highest BCUT2D eigenvalue weighted by Gasteiger charge is 2.21. The number of nitrogens with two attached hydrogens (primary N) is 1. The molecule has 1 aliphatic heterocycles. The fourth-order valence-electron chi connectivity index (χ4n) is 2.28. The van der Waals surface area contributed by atoms with Crippen LogP contribution in [0.25, 0.3) is 0 Å². The summed E-state index contributed by atoms with van der Waals surface area (Å²) in [6.45, 7) is 4.50. The number of aromatic nitrogens is 4. The molecule has 6 nitrogen and oxygen atoms in total. The molecule has 0 bridgehead atoms. The van der Waals surface area contributed by atoms with E-state index in [9.17, 15) is 0 Å². The molecule has 1 atom stereocenters. The third-order valence-electron chi connectivity index (χ3n) is 3.25. The molecule has 2 aromatic rings. The van der Waals surface area contributed by atoms with Gasteiger partial charge in [0.15, 0.2) is 5.82 Å². The van der Waals surface area contributed by atoms with Crippen LogP contribution in [0.1, 0.15) is 24.4 Å². The molecule has 18 heavy (non-hydrogen) atoms. The highest BCUT2D eigenvalue weighted by molar-refractivity contribution is 5.48. The van der Waals surface area contributed by atoms with E-state index in [1.165, 1.54) is 0 Å². The van der Waals surface area contributed by atoms with Crippen molar-refractivity contribution in [3.05, 3.63) is 36.0 Å². The molecule has 3 rings (SSSR count). The van der Waals surface area contributed by atoms with Gasteiger partial charge in [-0.15, -0.1) is 10.2 Å². The molecule has 0 saturated heterocycles. The fourth-order valence-corrected chi connectivity index (χ4v) is 2.28. The predicted octanol–water partition coefficient (Wildman–Crippen LogP) is 0.713. The number of hydrogen-bond acceptors (Lipinski definition) is 5. The van der Waals surface area contributed by atoms with Gasteiger partial charge >= 0.3 is 0 Å². The summed E-state index contributed by atoms with van der Waals surface area (Å²) in [7, 11) is 0. The van der Waals surface area contributed by atoms with Crippen LogP contribution < -0.4 is 10.6 Å². The molecule has 0 aromatic carbocycles. The zero-order valence-electron chi connectivity index (χ0n) is 10.3. The smallest absolute Gasteiger partial charge is 0.152 e. The van der Waals surface area contributed by atoms with Crippen molar-refractivity contribution in [3.63, 3.8) is 0 Å². The first-order chi connectivity index (χ1) is 8.75. The van der Waals surface area contributed by atoms with E-state index in [-0.39, 0.29) is 6.04 Å². The SMILES string of the molecule is CC(N)c1cccnc1N1CCn2cnnc2C1. The number of hydrogen-bond donors (Lipinski definition) is 1. The minimum absolute atomic E-state index is 0.0199. The van der Waals surface area contributed by atoms with Gasteiger partial charge in [-0.25, -0.2) is 4.98 Å². The Morgan fingerprint density at radius 1 is 1.39 bits per heavy atom. The average molecular weight is 244 g/mol. The molecular formula is C12H16N6. The maximum absolute atomic E-state index is 6.00. The zero-order valence-corrected chi connectivity index (χ0v) is 10.3. The molecule has 0 radical (unpaired) electrons. The summed E-state index contributed by atoms with van der Waals surface area (Å²) in [6, 6.07) is 3.94. The number of anilines is 1. The van der Waals surface area contributed by atoms with Crippen LogP contribution >= 0.6 is 0 Å². The normalized spacial score (nSPS) is 16.4. The number of rotatable bonds is 2. The minimum Gasteiger partial charge on any atom is -0.347 e. The molecule has 0 aliphatic carbocycles. The number of nitrogens with zero attached hydrogens (tertiary/aromatic N) is 5. The van der Waals surface area contributed by atoms with Gasteiger partial charge in [0.05, 0.1) is 6.54 Å². The zero-order chi connectivity index (χ0) is 12.5. The Morgan fingerprint density at radius 3 is 3.11 bits per heavy atom. The number of fused-ring (bicyclic) bond motifs is 1. The molecule has 1 unspecified atom stereocenters. The van der Waals surface area contributed by atoms with Crippen LogP contribution in [0.3, 0.4) is 0 Å². The quantitative estimate of drug-likeness (QED) is 0.842. The van der Waals surface area contributed by atoms with Gasteiger partial charge in [-0.3, -0.25) is 0 Å². The van der Waals surface area contributed by atoms with Crippen LogP contribution in [-0.4, -0.2) is 26.3 Å². The van der Waals surface area contributed by atoms with E-state index in [0.717, 1.165) is 36.8 Å². The second kappa shape index (κ2) is 4.38. The molecule has 0 amide bonds. The summed E-state index contributed by atoms with van der Waals surface area (Å²) in [5.41, 5.74) is 7.07. The van der Waals surface area contributed by atoms with Crippen molar-refractivity contribution < 1.29 is 0 Å². The molecule has 3 heterocycles.